The maximum Gasteiger partial charge on any atom is 0.0403 e. The summed E-state index contributed by atoms with van der Waals surface area (Å²) in [6.45, 7) is 33.9. The molecule has 0 saturated heterocycles. The Bertz CT molecular complexity index is 1620. The van der Waals surface area contributed by atoms with Gasteiger partial charge in [0.25, 0.3) is 0 Å². The van der Waals surface area contributed by atoms with Crippen LogP contribution in [0.2, 0.25) is 0 Å². The van der Waals surface area contributed by atoms with E-state index in [0.717, 1.165) is 42.7 Å². The first-order chi connectivity index (χ1) is 21.3. The van der Waals surface area contributed by atoms with Gasteiger partial charge in [-0.05, 0) is 112 Å². The van der Waals surface area contributed by atoms with Crippen LogP contribution >= 0.6 is 0 Å². The molecule has 0 bridgehead atoms. The highest BCUT2D eigenvalue weighted by Gasteiger charge is 2.62. The molecule has 0 saturated carbocycles. The first kappa shape index (κ1) is 35.5. The van der Waals surface area contributed by atoms with Crippen molar-refractivity contribution >= 4 is 11.3 Å². The number of nitrogens with two attached hydrogens (primary N) is 1. The van der Waals surface area contributed by atoms with Crippen molar-refractivity contribution in [1.29, 1.82) is 0 Å². The number of allylic oxidation sites excluding steroid dienone is 4. The van der Waals surface area contributed by atoms with E-state index in [-0.39, 0.29) is 22.3 Å². The molecule has 4 heteroatoms. The average molecular weight is 621 g/mol. The third kappa shape index (κ3) is 5.62. The van der Waals surface area contributed by atoms with Gasteiger partial charge in [-0.3, -0.25) is 0 Å². The van der Waals surface area contributed by atoms with Gasteiger partial charge in [0, 0.05) is 61.0 Å². The number of fused-ring (bicyclic) bond motifs is 1. The van der Waals surface area contributed by atoms with Crippen LogP contribution in [0.4, 0.5) is 5.69 Å². The predicted octanol–water partition coefficient (Wildman–Crippen LogP) is 8.97. The summed E-state index contributed by atoms with van der Waals surface area (Å²) in [5.41, 5.74) is 22.0. The van der Waals surface area contributed by atoms with Gasteiger partial charge < -0.3 is 20.9 Å². The van der Waals surface area contributed by atoms with Crippen LogP contribution in [-0.2, 0) is 19.5 Å². The topological polar surface area (TPSA) is 44.5 Å². The van der Waals surface area contributed by atoms with Crippen LogP contribution in [0.15, 0.2) is 89.7 Å². The Morgan fingerprint density at radius 2 is 1.57 bits per heavy atom. The first-order valence-electron chi connectivity index (χ1n) is 16.8. The monoisotopic (exact) mass is 620 g/mol. The molecule has 4 atom stereocenters. The number of hydrogen-bond donors (Lipinski definition) is 2. The van der Waals surface area contributed by atoms with E-state index in [1.54, 1.807) is 0 Å². The van der Waals surface area contributed by atoms with Crippen molar-refractivity contribution < 1.29 is 0 Å². The Balaban J connectivity index is 1.86. The molecule has 0 fully saturated rings. The Kier molecular flexibility index (Phi) is 9.80. The van der Waals surface area contributed by atoms with Crippen molar-refractivity contribution in [3.63, 3.8) is 0 Å². The summed E-state index contributed by atoms with van der Waals surface area (Å²) in [5, 5.41) is 3.70. The molecular formula is C42H60N4. The van der Waals surface area contributed by atoms with Crippen LogP contribution in [0.3, 0.4) is 0 Å². The number of nitrogens with one attached hydrogen (secondary N) is 1. The fraction of sp³-hybridized carbons (Fsp3) is 0.476. The molecule has 0 radical (unpaired) electrons. The molecule has 4 nitrogen and oxygen atoms in total. The molecule has 0 spiro atoms. The zero-order chi connectivity index (χ0) is 34.5. The zero-order valence-electron chi connectivity index (χ0n) is 31.0. The second-order valence-corrected chi connectivity index (χ2v) is 15.4. The molecule has 0 aliphatic heterocycles. The van der Waals surface area contributed by atoms with Crippen molar-refractivity contribution in [2.75, 3.05) is 33.1 Å². The summed E-state index contributed by atoms with van der Waals surface area (Å²) < 4.78 is 0. The Labute approximate surface area is 280 Å². The number of likely N-dealkylation sites (N-methyl/N-ethyl adjacent to an activating group) is 1. The van der Waals surface area contributed by atoms with Gasteiger partial charge in [0.05, 0.1) is 0 Å². The molecule has 2 aliphatic carbocycles. The molecular weight excluding hydrogens is 560 g/mol. The van der Waals surface area contributed by atoms with E-state index in [0.29, 0.717) is 5.70 Å². The lowest BCUT2D eigenvalue weighted by molar-refractivity contribution is -0.00991. The molecule has 4 rings (SSSR count). The molecule has 0 aromatic heterocycles. The van der Waals surface area contributed by atoms with Crippen molar-refractivity contribution in [3.05, 3.63) is 118 Å². The lowest BCUT2D eigenvalue weighted by Gasteiger charge is -2.64. The second-order valence-electron chi connectivity index (χ2n) is 15.4. The van der Waals surface area contributed by atoms with Gasteiger partial charge in [-0.15, -0.1) is 0 Å². The number of benzene rings is 2. The smallest absolute Gasteiger partial charge is 0.0403 e. The van der Waals surface area contributed by atoms with Crippen LogP contribution in [0.5, 0.6) is 0 Å². The van der Waals surface area contributed by atoms with E-state index in [2.05, 4.69) is 148 Å². The molecule has 1 unspecified atom stereocenters. The largest absolute Gasteiger partial charge is 0.399 e. The minimum Gasteiger partial charge on any atom is -0.399 e. The maximum absolute atomic E-state index is 6.48. The lowest BCUT2D eigenvalue weighted by atomic mass is 9.41. The van der Waals surface area contributed by atoms with Gasteiger partial charge in [0.2, 0.25) is 0 Å². The highest BCUT2D eigenvalue weighted by Crippen LogP contribution is 2.68. The van der Waals surface area contributed by atoms with Gasteiger partial charge in [-0.2, -0.15) is 0 Å². The van der Waals surface area contributed by atoms with E-state index >= 15 is 0 Å². The Hall–Kier alpha value is -3.34. The van der Waals surface area contributed by atoms with Gasteiger partial charge in [-0.25, -0.2) is 0 Å². The summed E-state index contributed by atoms with van der Waals surface area (Å²) in [6.07, 6.45) is 1.95. The second kappa shape index (κ2) is 12.7. The van der Waals surface area contributed by atoms with Gasteiger partial charge in [0.1, 0.15) is 0 Å². The van der Waals surface area contributed by atoms with Crippen LogP contribution in [0.25, 0.3) is 5.57 Å². The van der Waals surface area contributed by atoms with Gasteiger partial charge >= 0.3 is 0 Å². The molecule has 2 aromatic rings. The molecule has 2 aliphatic rings. The zero-order valence-corrected chi connectivity index (χ0v) is 31.0. The average Bonchev–Trinajstić information content (AvgIpc) is 2.95. The normalized spacial score (nSPS) is 26.5. The standard InChI is InChI=1S/C42H60N4/c1-26(2)37-27(3)34(24-44-23-33-19-17-16-18-20-33)21-36(45(12)13)35(37)22-40(9)25-41(10)39(46(14)15)28(4)38(32(8)43)31(7)42(41,11)30(6)29(40)5/h16-21,39,44H,1,7-8,22-25,43H2,2-6,9-15H3/t39?,40-,41-,42+/m0/s1. The molecule has 0 heterocycles. The fourth-order valence-corrected chi connectivity index (χ4v) is 9.56. The predicted molar refractivity (Wildman–Crippen MR) is 201 cm³/mol. The lowest BCUT2D eigenvalue weighted by Crippen LogP contribution is -2.61. The molecule has 248 valence electrons. The van der Waals surface area contributed by atoms with Gasteiger partial charge in [0.15, 0.2) is 0 Å². The number of rotatable bonds is 10. The third-order valence-electron chi connectivity index (χ3n) is 12.0. The van der Waals surface area contributed by atoms with Crippen LogP contribution in [-0.4, -0.2) is 39.1 Å². The summed E-state index contributed by atoms with van der Waals surface area (Å²) in [5.74, 6) is 0. The van der Waals surface area contributed by atoms with E-state index < -0.39 is 0 Å². The minimum absolute atomic E-state index is 0.0845. The van der Waals surface area contributed by atoms with Crippen LogP contribution in [0.1, 0.15) is 82.7 Å². The highest BCUT2D eigenvalue weighted by atomic mass is 15.1. The van der Waals surface area contributed by atoms with Crippen LogP contribution < -0.4 is 16.0 Å². The summed E-state index contributed by atoms with van der Waals surface area (Å²) in [4.78, 5) is 4.69. The number of hydrogen-bond acceptors (Lipinski definition) is 4. The summed E-state index contributed by atoms with van der Waals surface area (Å²) in [7, 11) is 8.77. The Morgan fingerprint density at radius 3 is 2.09 bits per heavy atom. The summed E-state index contributed by atoms with van der Waals surface area (Å²) >= 11 is 0. The maximum atomic E-state index is 6.48. The summed E-state index contributed by atoms with van der Waals surface area (Å²) in [6, 6.07) is 13.2. The van der Waals surface area contributed by atoms with E-state index in [1.807, 2.05) is 0 Å². The third-order valence-corrected chi connectivity index (χ3v) is 12.0. The van der Waals surface area contributed by atoms with E-state index in [4.69, 9.17) is 12.3 Å². The molecule has 46 heavy (non-hydrogen) atoms. The van der Waals surface area contributed by atoms with Crippen molar-refractivity contribution in [3.8, 4) is 0 Å². The minimum atomic E-state index is -0.256. The quantitative estimate of drug-likeness (QED) is 0.260. The van der Waals surface area contributed by atoms with Crippen molar-refractivity contribution in [2.24, 2.45) is 22.0 Å². The van der Waals surface area contributed by atoms with Crippen molar-refractivity contribution in [1.82, 2.24) is 10.2 Å². The van der Waals surface area contributed by atoms with E-state index in [9.17, 15) is 0 Å². The highest BCUT2D eigenvalue weighted by molar-refractivity contribution is 5.76. The van der Waals surface area contributed by atoms with Gasteiger partial charge in [-0.1, -0.05) is 87.6 Å². The Morgan fingerprint density at radius 1 is 0.957 bits per heavy atom. The van der Waals surface area contributed by atoms with Crippen LogP contribution in [0, 0.1) is 23.2 Å². The number of anilines is 1. The molecule has 2 aromatic carbocycles. The molecule has 3 N–H and O–H groups in total. The fourth-order valence-electron chi connectivity index (χ4n) is 9.56. The SMILES string of the molecule is C=C(N)C1=C(C)C(N(C)C)[C@]2(C)C[C@](C)(Cc3c(N(C)C)cc(CNCc4ccccc4)c(C)c3C(=C)C)C(C)=C(C)[C@]2(C)C1=C. The first-order valence-corrected chi connectivity index (χ1v) is 16.8. The molecule has 0 amide bonds. The van der Waals surface area contributed by atoms with Crippen molar-refractivity contribution in [2.45, 2.75) is 87.4 Å². The van der Waals surface area contributed by atoms with E-state index in [1.165, 1.54) is 50.2 Å². The number of nitrogens with zero attached hydrogens (tertiary/aromatic N) is 2.